The maximum Gasteiger partial charge on any atom is 0.279 e. The van der Waals surface area contributed by atoms with Gasteiger partial charge in [-0.15, -0.1) is 0 Å². The second-order valence-corrected chi connectivity index (χ2v) is 6.57. The van der Waals surface area contributed by atoms with Crippen LogP contribution in [0.5, 0.6) is 5.75 Å². The van der Waals surface area contributed by atoms with Crippen LogP contribution in [0.1, 0.15) is 25.8 Å². The fraction of sp³-hybridized carbons (Fsp3) is 0.250. The molecular weight excluding hydrogens is 422 g/mol. The minimum Gasteiger partial charge on any atom is -0.494 e. The normalized spacial score (nSPS) is 10.9. The molecule has 0 atom stereocenters. The van der Waals surface area contributed by atoms with Gasteiger partial charge in [0, 0.05) is 23.0 Å². The average Bonchev–Trinajstić information content (AvgIpc) is 2.73. The quantitative estimate of drug-likeness (QED) is 0.323. The number of benzene rings is 2. The van der Waals surface area contributed by atoms with Crippen molar-refractivity contribution in [2.75, 3.05) is 11.9 Å². The summed E-state index contributed by atoms with van der Waals surface area (Å²) in [5.74, 6) is -0.344. The fourth-order valence-electron chi connectivity index (χ4n) is 2.63. The number of carbonyl (C=O) groups excluding carboxylic acids is 2. The molecule has 0 saturated heterocycles. The number of nitro groups is 2. The van der Waals surface area contributed by atoms with Crippen LogP contribution < -0.4 is 15.5 Å². The van der Waals surface area contributed by atoms with Crippen LogP contribution in [0.4, 0.5) is 17.1 Å². The molecule has 0 bridgehead atoms. The highest BCUT2D eigenvalue weighted by molar-refractivity contribution is 6.05. The molecule has 12 nitrogen and oxygen atoms in total. The first kappa shape index (κ1) is 23.9. The van der Waals surface area contributed by atoms with Crippen LogP contribution in [-0.4, -0.2) is 34.0 Å². The Morgan fingerprint density at radius 1 is 1.03 bits per heavy atom. The highest BCUT2D eigenvalue weighted by atomic mass is 16.6. The van der Waals surface area contributed by atoms with E-state index in [0.717, 1.165) is 18.2 Å². The molecular formula is C20H21N5O7. The van der Waals surface area contributed by atoms with Gasteiger partial charge in [-0.3, -0.25) is 29.8 Å². The Kier molecular flexibility index (Phi) is 8.34. The molecule has 0 aliphatic rings. The molecule has 0 aromatic heterocycles. The van der Waals surface area contributed by atoms with Crippen molar-refractivity contribution in [3.05, 3.63) is 68.3 Å². The molecule has 2 aromatic rings. The van der Waals surface area contributed by atoms with Crippen LogP contribution in [0.15, 0.2) is 47.6 Å². The third-order valence-corrected chi connectivity index (χ3v) is 4.06. The molecule has 0 aliphatic heterocycles. The number of carbonyl (C=O) groups is 2. The largest absolute Gasteiger partial charge is 0.494 e. The van der Waals surface area contributed by atoms with Crippen molar-refractivity contribution < 1.29 is 24.2 Å². The summed E-state index contributed by atoms with van der Waals surface area (Å²) in [5.41, 5.74) is 2.11. The molecule has 0 spiro atoms. The number of nitrogens with one attached hydrogen (secondary N) is 2. The van der Waals surface area contributed by atoms with Crippen molar-refractivity contribution in [3.8, 4) is 5.75 Å². The summed E-state index contributed by atoms with van der Waals surface area (Å²) in [7, 11) is 0. The van der Waals surface area contributed by atoms with Gasteiger partial charge in [0.2, 0.25) is 11.8 Å². The van der Waals surface area contributed by atoms with Gasteiger partial charge < -0.3 is 10.1 Å². The number of amides is 2. The molecule has 2 N–H and O–H groups in total. The smallest absolute Gasteiger partial charge is 0.279 e. The summed E-state index contributed by atoms with van der Waals surface area (Å²) in [6.45, 7) is 3.93. The van der Waals surface area contributed by atoms with E-state index in [1.165, 1.54) is 6.92 Å². The molecule has 0 unspecified atom stereocenters. The van der Waals surface area contributed by atoms with Gasteiger partial charge in [0.25, 0.3) is 11.4 Å². The Balaban J connectivity index is 1.92. The van der Waals surface area contributed by atoms with E-state index in [0.29, 0.717) is 23.8 Å². The second kappa shape index (κ2) is 11.2. The Hall–Kier alpha value is -4.35. The number of hydrazone groups is 1. The molecule has 32 heavy (non-hydrogen) atoms. The van der Waals surface area contributed by atoms with E-state index in [2.05, 4.69) is 15.8 Å². The van der Waals surface area contributed by atoms with Gasteiger partial charge in [-0.1, -0.05) is 0 Å². The van der Waals surface area contributed by atoms with E-state index in [9.17, 15) is 29.8 Å². The molecule has 0 aliphatic carbocycles. The zero-order valence-corrected chi connectivity index (χ0v) is 17.4. The van der Waals surface area contributed by atoms with Crippen molar-refractivity contribution >= 4 is 34.6 Å². The number of rotatable bonds is 10. The van der Waals surface area contributed by atoms with Crippen LogP contribution in [-0.2, 0) is 16.0 Å². The minimum atomic E-state index is -0.796. The summed E-state index contributed by atoms with van der Waals surface area (Å²) in [5, 5.41) is 28.4. The van der Waals surface area contributed by atoms with Crippen molar-refractivity contribution in [2.24, 2.45) is 5.10 Å². The van der Waals surface area contributed by atoms with Crippen molar-refractivity contribution in [1.29, 1.82) is 0 Å². The molecule has 168 valence electrons. The van der Waals surface area contributed by atoms with E-state index in [4.69, 9.17) is 4.74 Å². The molecule has 2 aromatic carbocycles. The molecule has 2 rings (SSSR count). The zero-order valence-electron chi connectivity index (χ0n) is 17.4. The predicted octanol–water partition coefficient (Wildman–Crippen LogP) is 2.97. The number of non-ortho nitro benzene ring substituents is 1. The van der Waals surface area contributed by atoms with E-state index in [-0.39, 0.29) is 17.9 Å². The SMILES string of the molecule is CCOc1ccc(NC(=O)C/C(C)=N\NC(=O)Cc2ccc([N+](=O)[O-])cc2[N+](=O)[O-])cc1. The second-order valence-electron chi connectivity index (χ2n) is 6.57. The van der Waals surface area contributed by atoms with Gasteiger partial charge in [-0.05, 0) is 44.2 Å². The highest BCUT2D eigenvalue weighted by Gasteiger charge is 2.21. The van der Waals surface area contributed by atoms with Gasteiger partial charge in [-0.25, -0.2) is 5.43 Å². The van der Waals surface area contributed by atoms with Crippen molar-refractivity contribution in [1.82, 2.24) is 5.43 Å². The van der Waals surface area contributed by atoms with Gasteiger partial charge in [0.15, 0.2) is 0 Å². The average molecular weight is 443 g/mol. The summed E-state index contributed by atoms with van der Waals surface area (Å²) in [4.78, 5) is 44.6. The number of ether oxygens (including phenoxy) is 1. The van der Waals surface area contributed by atoms with Crippen LogP contribution in [0.25, 0.3) is 0 Å². The third kappa shape index (κ3) is 7.16. The Morgan fingerprint density at radius 2 is 1.72 bits per heavy atom. The standard InChI is InChI=1S/C20H21N5O7/c1-3-32-17-8-5-15(6-9-17)21-19(26)10-13(2)22-23-20(27)11-14-4-7-16(24(28)29)12-18(14)25(30)31/h4-9,12H,3,10-11H2,1-2H3,(H,21,26)(H,23,27)/b22-13-. The maximum absolute atomic E-state index is 12.1. The first-order chi connectivity index (χ1) is 15.2. The minimum absolute atomic E-state index is 0.000745. The van der Waals surface area contributed by atoms with Gasteiger partial charge in [-0.2, -0.15) is 5.10 Å². The number of anilines is 1. The number of nitro benzene ring substituents is 2. The first-order valence-electron chi connectivity index (χ1n) is 9.46. The van der Waals surface area contributed by atoms with Crippen LogP contribution in [0, 0.1) is 20.2 Å². The monoisotopic (exact) mass is 443 g/mol. The lowest BCUT2D eigenvalue weighted by Gasteiger charge is -2.07. The van der Waals surface area contributed by atoms with E-state index in [1.807, 2.05) is 6.92 Å². The topological polar surface area (TPSA) is 166 Å². The fourth-order valence-corrected chi connectivity index (χ4v) is 2.63. The third-order valence-electron chi connectivity index (χ3n) is 4.06. The van der Waals surface area contributed by atoms with Crippen LogP contribution in [0.2, 0.25) is 0 Å². The highest BCUT2D eigenvalue weighted by Crippen LogP contribution is 2.25. The molecule has 0 saturated carbocycles. The Bertz CT molecular complexity index is 1050. The van der Waals surface area contributed by atoms with Gasteiger partial charge >= 0.3 is 0 Å². The van der Waals surface area contributed by atoms with Gasteiger partial charge in [0.05, 0.1) is 35.4 Å². The number of hydrogen-bond acceptors (Lipinski definition) is 8. The molecule has 0 fully saturated rings. The van der Waals surface area contributed by atoms with Crippen molar-refractivity contribution in [2.45, 2.75) is 26.7 Å². The van der Waals surface area contributed by atoms with E-state index in [1.54, 1.807) is 24.3 Å². The molecule has 0 heterocycles. The molecule has 0 radical (unpaired) electrons. The maximum atomic E-state index is 12.1. The van der Waals surface area contributed by atoms with Gasteiger partial charge in [0.1, 0.15) is 5.75 Å². The Morgan fingerprint density at radius 3 is 2.31 bits per heavy atom. The first-order valence-corrected chi connectivity index (χ1v) is 9.46. The molecule has 12 heteroatoms. The van der Waals surface area contributed by atoms with Crippen molar-refractivity contribution in [3.63, 3.8) is 0 Å². The lowest BCUT2D eigenvalue weighted by Crippen LogP contribution is -2.23. The van der Waals surface area contributed by atoms with E-state index >= 15 is 0 Å². The zero-order chi connectivity index (χ0) is 23.7. The summed E-state index contributed by atoms with van der Waals surface area (Å²) < 4.78 is 5.32. The summed E-state index contributed by atoms with van der Waals surface area (Å²) in [6.07, 6.45) is -0.505. The number of hydrogen-bond donors (Lipinski definition) is 2. The number of nitrogens with zero attached hydrogens (tertiary/aromatic N) is 3. The lowest BCUT2D eigenvalue weighted by molar-refractivity contribution is -0.394. The summed E-state index contributed by atoms with van der Waals surface area (Å²) >= 11 is 0. The predicted molar refractivity (Wildman–Crippen MR) is 116 cm³/mol. The van der Waals surface area contributed by atoms with Crippen LogP contribution >= 0.6 is 0 Å². The summed E-state index contributed by atoms with van der Waals surface area (Å²) in [6, 6.07) is 9.84. The van der Waals surface area contributed by atoms with E-state index < -0.39 is 33.5 Å². The Labute approximate surface area is 182 Å². The molecule has 2 amide bonds. The lowest BCUT2D eigenvalue weighted by atomic mass is 10.1. The van der Waals surface area contributed by atoms with Crippen LogP contribution in [0.3, 0.4) is 0 Å².